The highest BCUT2D eigenvalue weighted by molar-refractivity contribution is 5.78. The fourth-order valence-corrected chi connectivity index (χ4v) is 3.34. The highest BCUT2D eigenvalue weighted by atomic mass is 19.2. The molecule has 0 spiro atoms. The number of likely N-dealkylation sites (tertiary alicyclic amines) is 1. The first-order chi connectivity index (χ1) is 13.0. The summed E-state index contributed by atoms with van der Waals surface area (Å²) < 4.78 is 46.4. The Morgan fingerprint density at radius 3 is 2.37 bits per heavy atom. The molecular weight excluding hydrogens is 355 g/mol. The topological polar surface area (TPSA) is 29.5 Å². The van der Waals surface area contributed by atoms with Gasteiger partial charge in [-0.05, 0) is 41.8 Å². The zero-order valence-corrected chi connectivity index (χ0v) is 14.5. The summed E-state index contributed by atoms with van der Waals surface area (Å²) in [5, 5.41) is 0. The minimum absolute atomic E-state index is 0.0800. The second kappa shape index (κ2) is 8.28. The molecule has 0 radical (unpaired) electrons. The molecule has 1 amide bonds. The second-order valence-electron chi connectivity index (χ2n) is 6.30. The average Bonchev–Trinajstić information content (AvgIpc) is 3.08. The highest BCUT2D eigenvalue weighted by Gasteiger charge is 2.36. The number of hydrogen-bond acceptors (Lipinski definition) is 2. The molecule has 27 heavy (non-hydrogen) atoms. The van der Waals surface area contributed by atoms with Gasteiger partial charge in [-0.15, -0.1) is 6.42 Å². The first-order valence-electron chi connectivity index (χ1n) is 8.56. The Hall–Kier alpha value is -2.78. The number of nitrogens with zero attached hydrogens (tertiary/aromatic N) is 1. The van der Waals surface area contributed by atoms with E-state index in [9.17, 15) is 18.0 Å². The van der Waals surface area contributed by atoms with Crippen LogP contribution in [0.4, 0.5) is 13.2 Å². The zero-order valence-electron chi connectivity index (χ0n) is 14.5. The third-order valence-electron chi connectivity index (χ3n) is 4.56. The van der Waals surface area contributed by atoms with Crippen molar-refractivity contribution in [2.24, 2.45) is 0 Å². The molecule has 0 saturated carbocycles. The molecule has 3 rings (SSSR count). The number of carbonyl (C=O) groups is 1. The molecule has 2 atom stereocenters. The van der Waals surface area contributed by atoms with E-state index in [0.717, 1.165) is 12.1 Å². The van der Waals surface area contributed by atoms with Gasteiger partial charge in [-0.25, -0.2) is 13.2 Å². The Labute approximate surface area is 155 Å². The largest absolute Gasteiger partial charge is 0.358 e. The van der Waals surface area contributed by atoms with Crippen LogP contribution in [0.5, 0.6) is 0 Å². The van der Waals surface area contributed by atoms with Crippen LogP contribution in [0.3, 0.4) is 0 Å². The first-order valence-corrected chi connectivity index (χ1v) is 8.56. The SMILES string of the molecule is C#CCOC(c1ccc(F)c(F)c1)[C@H](c1ccc(F)cc1)N1CCCC1=O. The molecule has 6 heteroatoms. The van der Waals surface area contributed by atoms with E-state index in [1.54, 1.807) is 17.0 Å². The van der Waals surface area contributed by atoms with Gasteiger partial charge in [-0.2, -0.15) is 0 Å². The lowest BCUT2D eigenvalue weighted by Crippen LogP contribution is -2.35. The van der Waals surface area contributed by atoms with E-state index in [1.165, 1.54) is 18.2 Å². The Morgan fingerprint density at radius 1 is 1.07 bits per heavy atom. The van der Waals surface area contributed by atoms with Crippen molar-refractivity contribution < 1.29 is 22.7 Å². The Kier molecular flexibility index (Phi) is 5.82. The number of benzene rings is 2. The highest BCUT2D eigenvalue weighted by Crippen LogP contribution is 2.39. The quantitative estimate of drug-likeness (QED) is 0.712. The van der Waals surface area contributed by atoms with Crippen LogP contribution in [0.1, 0.15) is 36.1 Å². The maximum atomic E-state index is 13.8. The van der Waals surface area contributed by atoms with Crippen LogP contribution in [-0.2, 0) is 9.53 Å². The maximum Gasteiger partial charge on any atom is 0.223 e. The number of halogens is 3. The molecule has 1 saturated heterocycles. The average molecular weight is 373 g/mol. The van der Waals surface area contributed by atoms with E-state index >= 15 is 0 Å². The molecule has 1 aliphatic rings. The smallest absolute Gasteiger partial charge is 0.223 e. The zero-order chi connectivity index (χ0) is 19.4. The van der Waals surface area contributed by atoms with Crippen LogP contribution < -0.4 is 0 Å². The number of rotatable bonds is 6. The van der Waals surface area contributed by atoms with Crippen LogP contribution in [0.25, 0.3) is 0 Å². The Balaban J connectivity index is 2.08. The number of ether oxygens (including phenoxy) is 1. The Bertz CT molecular complexity index is 861. The lowest BCUT2D eigenvalue weighted by Gasteiger charge is -2.35. The fraction of sp³-hybridized carbons (Fsp3) is 0.286. The van der Waals surface area contributed by atoms with Crippen molar-refractivity contribution in [2.75, 3.05) is 13.2 Å². The van der Waals surface area contributed by atoms with E-state index in [4.69, 9.17) is 11.2 Å². The van der Waals surface area contributed by atoms with Crippen LogP contribution in [0.15, 0.2) is 42.5 Å². The Morgan fingerprint density at radius 2 is 1.78 bits per heavy atom. The van der Waals surface area contributed by atoms with Crippen LogP contribution in [-0.4, -0.2) is 24.0 Å². The van der Waals surface area contributed by atoms with Crippen molar-refractivity contribution in [3.8, 4) is 12.3 Å². The fourth-order valence-electron chi connectivity index (χ4n) is 3.34. The molecular formula is C21H18F3NO2. The molecule has 3 nitrogen and oxygen atoms in total. The standard InChI is InChI=1S/C21H18F3NO2/c1-2-12-27-21(15-7-10-17(23)18(24)13-15)20(25-11-3-4-19(25)26)14-5-8-16(22)9-6-14/h1,5-10,13,20-21H,3-4,11-12H2/t20-,21?/m0/s1. The molecule has 1 aliphatic heterocycles. The summed E-state index contributed by atoms with van der Waals surface area (Å²) in [6.45, 7) is 0.407. The van der Waals surface area contributed by atoms with E-state index < -0.39 is 29.6 Å². The van der Waals surface area contributed by atoms with Crippen molar-refractivity contribution >= 4 is 5.91 Å². The number of carbonyl (C=O) groups excluding carboxylic acids is 1. The van der Waals surface area contributed by atoms with Crippen molar-refractivity contribution in [1.29, 1.82) is 0 Å². The molecule has 2 aromatic rings. The number of amides is 1. The maximum absolute atomic E-state index is 13.8. The van der Waals surface area contributed by atoms with Gasteiger partial charge >= 0.3 is 0 Å². The lowest BCUT2D eigenvalue weighted by atomic mass is 9.94. The predicted octanol–water partition coefficient (Wildman–Crippen LogP) is 4.16. The molecule has 140 valence electrons. The number of terminal acetylenes is 1. The molecule has 0 aromatic heterocycles. The first kappa shape index (κ1) is 19.0. The van der Waals surface area contributed by atoms with Gasteiger partial charge in [-0.3, -0.25) is 4.79 Å². The van der Waals surface area contributed by atoms with Crippen LogP contribution in [0, 0.1) is 29.8 Å². The van der Waals surface area contributed by atoms with Gasteiger partial charge in [0.15, 0.2) is 11.6 Å². The summed E-state index contributed by atoms with van der Waals surface area (Å²) >= 11 is 0. The van der Waals surface area contributed by atoms with E-state index in [-0.39, 0.29) is 12.5 Å². The van der Waals surface area contributed by atoms with Crippen molar-refractivity contribution in [3.05, 3.63) is 71.0 Å². The van der Waals surface area contributed by atoms with E-state index in [1.807, 2.05) is 0 Å². The van der Waals surface area contributed by atoms with Gasteiger partial charge in [0, 0.05) is 13.0 Å². The third-order valence-corrected chi connectivity index (χ3v) is 4.56. The minimum Gasteiger partial charge on any atom is -0.358 e. The van der Waals surface area contributed by atoms with Gasteiger partial charge in [0.2, 0.25) is 5.91 Å². The second-order valence-corrected chi connectivity index (χ2v) is 6.30. The van der Waals surface area contributed by atoms with Crippen molar-refractivity contribution in [3.63, 3.8) is 0 Å². The molecule has 1 heterocycles. The van der Waals surface area contributed by atoms with Gasteiger partial charge < -0.3 is 9.64 Å². The van der Waals surface area contributed by atoms with Crippen molar-refractivity contribution in [2.45, 2.75) is 25.0 Å². The summed E-state index contributed by atoms with van der Waals surface area (Å²) in [7, 11) is 0. The van der Waals surface area contributed by atoms with Crippen LogP contribution in [0.2, 0.25) is 0 Å². The molecule has 0 aliphatic carbocycles. The van der Waals surface area contributed by atoms with Crippen molar-refractivity contribution in [1.82, 2.24) is 4.90 Å². The summed E-state index contributed by atoms with van der Waals surface area (Å²) in [5.41, 5.74) is 0.969. The van der Waals surface area contributed by atoms with Gasteiger partial charge in [0.05, 0.1) is 6.04 Å². The van der Waals surface area contributed by atoms with Gasteiger partial charge in [-0.1, -0.05) is 24.1 Å². The van der Waals surface area contributed by atoms with Crippen LogP contribution >= 0.6 is 0 Å². The third kappa shape index (κ3) is 4.15. The normalized spacial score (nSPS) is 16.2. The summed E-state index contributed by atoms with van der Waals surface area (Å²) in [4.78, 5) is 14.0. The predicted molar refractivity (Wildman–Crippen MR) is 94.0 cm³/mol. The monoisotopic (exact) mass is 373 g/mol. The minimum atomic E-state index is -1.02. The molecule has 1 fully saturated rings. The summed E-state index contributed by atoms with van der Waals surface area (Å²) in [6.07, 6.45) is 5.54. The summed E-state index contributed by atoms with van der Waals surface area (Å²) in [6, 6.07) is 8.47. The summed E-state index contributed by atoms with van der Waals surface area (Å²) in [5.74, 6) is -0.144. The molecule has 0 N–H and O–H groups in total. The van der Waals surface area contributed by atoms with Gasteiger partial charge in [0.1, 0.15) is 18.5 Å². The lowest BCUT2D eigenvalue weighted by molar-refractivity contribution is -0.133. The number of hydrogen-bond donors (Lipinski definition) is 0. The van der Waals surface area contributed by atoms with E-state index in [2.05, 4.69) is 5.92 Å². The molecule has 1 unspecified atom stereocenters. The molecule has 2 aromatic carbocycles. The molecule has 0 bridgehead atoms. The van der Waals surface area contributed by atoms with Gasteiger partial charge in [0.25, 0.3) is 0 Å². The van der Waals surface area contributed by atoms with E-state index in [0.29, 0.717) is 30.5 Å².